The Kier molecular flexibility index (Phi) is 5.77. The standard InChI is InChI=1S/C20H23NO4/c1-15(16-7-8-18-19(13-16)24-12-11-23-18)9-10-21-20(22)14-25-17-5-3-2-4-6-17/h2-8,13,15H,9-12,14H2,1H3,(H,21,22). The Labute approximate surface area is 147 Å². The monoisotopic (exact) mass is 341 g/mol. The zero-order valence-corrected chi connectivity index (χ0v) is 14.4. The molecule has 25 heavy (non-hydrogen) atoms. The van der Waals surface area contributed by atoms with Crippen molar-refractivity contribution < 1.29 is 19.0 Å². The lowest BCUT2D eigenvalue weighted by molar-refractivity contribution is -0.123. The van der Waals surface area contributed by atoms with Gasteiger partial charge in [0, 0.05) is 6.54 Å². The highest BCUT2D eigenvalue weighted by Gasteiger charge is 2.14. The molecule has 2 aromatic rings. The molecule has 1 N–H and O–H groups in total. The van der Waals surface area contributed by atoms with E-state index in [1.54, 1.807) is 0 Å². The van der Waals surface area contributed by atoms with Crippen molar-refractivity contribution in [2.45, 2.75) is 19.3 Å². The van der Waals surface area contributed by atoms with E-state index in [0.717, 1.165) is 17.9 Å². The number of rotatable bonds is 7. The molecule has 0 fully saturated rings. The van der Waals surface area contributed by atoms with Crippen LogP contribution in [0.15, 0.2) is 48.5 Å². The molecular formula is C20H23NO4. The fourth-order valence-electron chi connectivity index (χ4n) is 2.68. The molecule has 1 aliphatic rings. The van der Waals surface area contributed by atoms with Gasteiger partial charge < -0.3 is 19.5 Å². The van der Waals surface area contributed by atoms with Gasteiger partial charge in [-0.05, 0) is 42.2 Å². The van der Waals surface area contributed by atoms with Crippen LogP contribution in [0, 0.1) is 0 Å². The molecule has 1 aliphatic heterocycles. The maximum absolute atomic E-state index is 11.9. The molecule has 0 aromatic heterocycles. The quantitative estimate of drug-likeness (QED) is 0.840. The van der Waals surface area contributed by atoms with Crippen molar-refractivity contribution in [3.63, 3.8) is 0 Å². The molecular weight excluding hydrogens is 318 g/mol. The molecule has 1 amide bonds. The first-order valence-electron chi connectivity index (χ1n) is 8.56. The zero-order valence-electron chi connectivity index (χ0n) is 14.4. The number of nitrogens with one attached hydrogen (secondary N) is 1. The summed E-state index contributed by atoms with van der Waals surface area (Å²) in [7, 11) is 0. The Morgan fingerprint density at radius 1 is 1.12 bits per heavy atom. The maximum Gasteiger partial charge on any atom is 0.257 e. The van der Waals surface area contributed by atoms with E-state index < -0.39 is 0 Å². The Morgan fingerprint density at radius 3 is 2.68 bits per heavy atom. The Hall–Kier alpha value is -2.69. The maximum atomic E-state index is 11.9. The fraction of sp³-hybridized carbons (Fsp3) is 0.350. The molecule has 0 saturated carbocycles. The van der Waals surface area contributed by atoms with Crippen molar-refractivity contribution in [1.82, 2.24) is 5.32 Å². The SMILES string of the molecule is CC(CCNC(=O)COc1ccccc1)c1ccc2c(c1)OCCO2. The van der Waals surface area contributed by atoms with E-state index in [4.69, 9.17) is 14.2 Å². The van der Waals surface area contributed by atoms with Crippen molar-refractivity contribution in [3.8, 4) is 17.2 Å². The van der Waals surface area contributed by atoms with Crippen LogP contribution in [0.3, 0.4) is 0 Å². The van der Waals surface area contributed by atoms with Gasteiger partial charge >= 0.3 is 0 Å². The van der Waals surface area contributed by atoms with Crippen molar-refractivity contribution in [2.75, 3.05) is 26.4 Å². The third-order valence-electron chi connectivity index (χ3n) is 4.15. The molecule has 1 unspecified atom stereocenters. The summed E-state index contributed by atoms with van der Waals surface area (Å²) in [6, 6.07) is 15.4. The van der Waals surface area contributed by atoms with Crippen molar-refractivity contribution >= 4 is 5.91 Å². The average molecular weight is 341 g/mol. The number of hydrogen-bond donors (Lipinski definition) is 1. The molecule has 1 heterocycles. The summed E-state index contributed by atoms with van der Waals surface area (Å²) in [4.78, 5) is 11.9. The lowest BCUT2D eigenvalue weighted by Gasteiger charge is -2.20. The summed E-state index contributed by atoms with van der Waals surface area (Å²) in [6.45, 7) is 3.95. The lowest BCUT2D eigenvalue weighted by Crippen LogP contribution is -2.30. The Balaban J connectivity index is 1.41. The predicted octanol–water partition coefficient (Wildman–Crippen LogP) is 3.15. The average Bonchev–Trinajstić information content (AvgIpc) is 2.66. The van der Waals surface area contributed by atoms with Gasteiger partial charge in [0.2, 0.25) is 0 Å². The number of ether oxygens (including phenoxy) is 3. The van der Waals surface area contributed by atoms with E-state index in [1.165, 1.54) is 5.56 Å². The van der Waals surface area contributed by atoms with Crippen LogP contribution >= 0.6 is 0 Å². The van der Waals surface area contributed by atoms with Gasteiger partial charge in [0.25, 0.3) is 5.91 Å². The van der Waals surface area contributed by atoms with Gasteiger partial charge in [-0.1, -0.05) is 31.2 Å². The normalized spacial score (nSPS) is 13.8. The van der Waals surface area contributed by atoms with Crippen molar-refractivity contribution in [1.29, 1.82) is 0 Å². The molecule has 132 valence electrons. The lowest BCUT2D eigenvalue weighted by atomic mass is 9.97. The molecule has 5 nitrogen and oxygen atoms in total. The second kappa shape index (κ2) is 8.42. The largest absolute Gasteiger partial charge is 0.486 e. The molecule has 0 aliphatic carbocycles. The number of amides is 1. The highest BCUT2D eigenvalue weighted by atomic mass is 16.6. The van der Waals surface area contributed by atoms with Crippen LogP contribution in [-0.2, 0) is 4.79 Å². The number of benzene rings is 2. The summed E-state index contributed by atoms with van der Waals surface area (Å²) in [5, 5.41) is 2.90. The highest BCUT2D eigenvalue weighted by Crippen LogP contribution is 2.33. The number of carbonyl (C=O) groups is 1. The van der Waals surface area contributed by atoms with Crippen LogP contribution in [0.1, 0.15) is 24.8 Å². The third-order valence-corrected chi connectivity index (χ3v) is 4.15. The van der Waals surface area contributed by atoms with Crippen LogP contribution in [0.5, 0.6) is 17.2 Å². The molecule has 0 radical (unpaired) electrons. The summed E-state index contributed by atoms with van der Waals surface area (Å²) in [5.74, 6) is 2.50. The fourth-order valence-corrected chi connectivity index (χ4v) is 2.68. The van der Waals surface area contributed by atoms with Crippen LogP contribution in [-0.4, -0.2) is 32.3 Å². The third kappa shape index (κ3) is 4.89. The molecule has 2 aromatic carbocycles. The molecule has 1 atom stereocenters. The topological polar surface area (TPSA) is 56.8 Å². The van der Waals surface area contributed by atoms with Crippen LogP contribution in [0.2, 0.25) is 0 Å². The molecule has 0 saturated heterocycles. The number of carbonyl (C=O) groups excluding carboxylic acids is 1. The van der Waals surface area contributed by atoms with Gasteiger partial charge in [0.15, 0.2) is 18.1 Å². The Morgan fingerprint density at radius 2 is 1.88 bits per heavy atom. The second-order valence-electron chi connectivity index (χ2n) is 6.04. The van der Waals surface area contributed by atoms with Gasteiger partial charge in [0.1, 0.15) is 19.0 Å². The summed E-state index contributed by atoms with van der Waals surface area (Å²) < 4.78 is 16.6. The molecule has 3 rings (SSSR count). The van der Waals surface area contributed by atoms with E-state index in [9.17, 15) is 4.79 Å². The first-order valence-corrected chi connectivity index (χ1v) is 8.56. The predicted molar refractivity (Wildman–Crippen MR) is 95.4 cm³/mol. The van der Waals surface area contributed by atoms with E-state index >= 15 is 0 Å². The second-order valence-corrected chi connectivity index (χ2v) is 6.04. The van der Waals surface area contributed by atoms with Gasteiger partial charge in [-0.2, -0.15) is 0 Å². The number of para-hydroxylation sites is 1. The molecule has 0 spiro atoms. The van der Waals surface area contributed by atoms with Crippen LogP contribution in [0.4, 0.5) is 0 Å². The van der Waals surface area contributed by atoms with E-state index in [1.807, 2.05) is 42.5 Å². The van der Waals surface area contributed by atoms with Crippen molar-refractivity contribution in [2.24, 2.45) is 0 Å². The van der Waals surface area contributed by atoms with Crippen LogP contribution in [0.25, 0.3) is 0 Å². The van der Waals surface area contributed by atoms with E-state index in [0.29, 0.717) is 31.4 Å². The zero-order chi connectivity index (χ0) is 17.5. The minimum absolute atomic E-state index is 0.0302. The first kappa shape index (κ1) is 17.1. The number of fused-ring (bicyclic) bond motifs is 1. The summed E-state index contributed by atoms with van der Waals surface area (Å²) >= 11 is 0. The Bertz CT molecular complexity index is 702. The summed E-state index contributed by atoms with van der Waals surface area (Å²) in [6.07, 6.45) is 0.844. The van der Waals surface area contributed by atoms with Gasteiger partial charge in [-0.25, -0.2) is 0 Å². The molecule has 5 heteroatoms. The van der Waals surface area contributed by atoms with Crippen LogP contribution < -0.4 is 19.5 Å². The summed E-state index contributed by atoms with van der Waals surface area (Å²) in [5.41, 5.74) is 1.18. The highest BCUT2D eigenvalue weighted by molar-refractivity contribution is 5.77. The molecule has 0 bridgehead atoms. The minimum Gasteiger partial charge on any atom is -0.486 e. The van der Waals surface area contributed by atoms with E-state index in [-0.39, 0.29) is 12.5 Å². The van der Waals surface area contributed by atoms with Crippen molar-refractivity contribution in [3.05, 3.63) is 54.1 Å². The van der Waals surface area contributed by atoms with E-state index in [2.05, 4.69) is 18.3 Å². The van der Waals surface area contributed by atoms with Gasteiger partial charge in [0.05, 0.1) is 0 Å². The van der Waals surface area contributed by atoms with Gasteiger partial charge in [-0.3, -0.25) is 4.79 Å². The number of hydrogen-bond acceptors (Lipinski definition) is 4. The van der Waals surface area contributed by atoms with Gasteiger partial charge in [-0.15, -0.1) is 0 Å². The minimum atomic E-state index is -0.113. The first-order chi connectivity index (χ1) is 12.2. The smallest absolute Gasteiger partial charge is 0.257 e.